The predicted molar refractivity (Wildman–Crippen MR) is 157 cm³/mol. The molecule has 1 aliphatic carbocycles. The Morgan fingerprint density at radius 1 is 1.08 bits per heavy atom. The number of hydrogen-bond donors (Lipinski definition) is 1. The summed E-state index contributed by atoms with van der Waals surface area (Å²) in [6.45, 7) is 9.57. The molecule has 2 aromatic carbocycles. The van der Waals surface area contributed by atoms with Crippen molar-refractivity contribution in [1.82, 2.24) is 15.1 Å². The number of rotatable bonds is 8. The van der Waals surface area contributed by atoms with Crippen molar-refractivity contribution in [2.24, 2.45) is 16.8 Å². The number of amides is 1. The number of carbonyl (C=O) groups excluding carboxylic acids is 1. The smallest absolute Gasteiger partial charge is 0.259 e. The molecular formula is C30H34Cl2N4OS. The van der Waals surface area contributed by atoms with E-state index in [1.54, 1.807) is 0 Å². The van der Waals surface area contributed by atoms with Crippen molar-refractivity contribution in [3.05, 3.63) is 80.3 Å². The van der Waals surface area contributed by atoms with Gasteiger partial charge in [0.15, 0.2) is 5.17 Å². The molecule has 2 fully saturated rings. The molecule has 5 nitrogen and oxygen atoms in total. The summed E-state index contributed by atoms with van der Waals surface area (Å²) in [6.07, 6.45) is 3.76. The molecule has 1 amide bonds. The van der Waals surface area contributed by atoms with Gasteiger partial charge in [-0.2, -0.15) is 0 Å². The number of hydrogen-bond acceptors (Lipinski definition) is 5. The Morgan fingerprint density at radius 2 is 1.71 bits per heavy atom. The molecule has 4 aliphatic rings. The topological polar surface area (TPSA) is 47.9 Å². The second-order valence-electron chi connectivity index (χ2n) is 11.4. The first-order valence-corrected chi connectivity index (χ1v) is 15.2. The lowest BCUT2D eigenvalue weighted by molar-refractivity contribution is -0.117. The van der Waals surface area contributed by atoms with Gasteiger partial charge in [0.1, 0.15) is 5.54 Å². The monoisotopic (exact) mass is 568 g/mol. The van der Waals surface area contributed by atoms with E-state index in [1.165, 1.54) is 37.7 Å². The summed E-state index contributed by atoms with van der Waals surface area (Å²) in [6, 6.07) is 16.7. The van der Waals surface area contributed by atoms with E-state index >= 15 is 0 Å². The molecule has 3 aliphatic heterocycles. The van der Waals surface area contributed by atoms with Crippen LogP contribution in [0.5, 0.6) is 0 Å². The highest BCUT2D eigenvalue weighted by Crippen LogP contribution is 2.56. The molecule has 200 valence electrons. The Labute approximate surface area is 239 Å². The van der Waals surface area contributed by atoms with Gasteiger partial charge in [-0.15, -0.1) is 0 Å². The molecule has 2 aromatic rings. The second-order valence-corrected chi connectivity index (χ2v) is 13.3. The average molecular weight is 570 g/mol. The quantitative estimate of drug-likeness (QED) is 0.379. The Morgan fingerprint density at radius 3 is 2.32 bits per heavy atom. The summed E-state index contributed by atoms with van der Waals surface area (Å²) in [4.78, 5) is 24.4. The molecule has 2 unspecified atom stereocenters. The van der Waals surface area contributed by atoms with Crippen LogP contribution < -0.4 is 5.32 Å². The summed E-state index contributed by atoms with van der Waals surface area (Å²) in [5.74, 6) is 0.863. The second kappa shape index (κ2) is 10.2. The molecule has 3 heterocycles. The number of likely N-dealkylation sites (tertiary alicyclic amines) is 1. The predicted octanol–water partition coefficient (Wildman–Crippen LogP) is 6.84. The number of thioether (sulfide) groups is 1. The lowest BCUT2D eigenvalue weighted by atomic mass is 9.81. The maximum Gasteiger partial charge on any atom is 0.259 e. The molecule has 38 heavy (non-hydrogen) atoms. The van der Waals surface area contributed by atoms with Crippen LogP contribution in [0.1, 0.15) is 57.2 Å². The number of fused-ring (bicyclic) bond motifs is 1. The third kappa shape index (κ3) is 4.78. The van der Waals surface area contributed by atoms with Gasteiger partial charge >= 0.3 is 0 Å². The highest BCUT2D eigenvalue weighted by atomic mass is 35.5. The number of nitrogens with zero attached hydrogens (tertiary/aromatic N) is 3. The molecule has 1 saturated heterocycles. The van der Waals surface area contributed by atoms with Crippen molar-refractivity contribution < 1.29 is 4.79 Å². The van der Waals surface area contributed by atoms with E-state index in [4.69, 9.17) is 28.2 Å². The third-order valence-electron chi connectivity index (χ3n) is 8.26. The highest BCUT2D eigenvalue weighted by Gasteiger charge is 2.53. The largest absolute Gasteiger partial charge is 0.352 e. The molecule has 1 saturated carbocycles. The summed E-state index contributed by atoms with van der Waals surface area (Å²) in [7, 11) is 0. The van der Waals surface area contributed by atoms with Crippen LogP contribution in [0.2, 0.25) is 10.0 Å². The summed E-state index contributed by atoms with van der Waals surface area (Å²) < 4.78 is 0. The zero-order valence-corrected chi connectivity index (χ0v) is 24.4. The Kier molecular flexibility index (Phi) is 7.04. The van der Waals surface area contributed by atoms with Crippen molar-refractivity contribution in [3.63, 3.8) is 0 Å². The lowest BCUT2D eigenvalue weighted by Gasteiger charge is -2.39. The minimum absolute atomic E-state index is 0.0113. The zero-order valence-electron chi connectivity index (χ0n) is 22.1. The van der Waals surface area contributed by atoms with Crippen LogP contribution >= 0.6 is 35.0 Å². The normalized spacial score (nSPS) is 25.6. The van der Waals surface area contributed by atoms with Gasteiger partial charge in [0, 0.05) is 41.4 Å². The average Bonchev–Trinajstić information content (AvgIpc) is 3.56. The minimum atomic E-state index is -0.555. The van der Waals surface area contributed by atoms with Crippen molar-refractivity contribution >= 4 is 46.0 Å². The number of nitrogens with one attached hydrogen (secondary N) is 1. The summed E-state index contributed by atoms with van der Waals surface area (Å²) in [5, 5.41) is 5.50. The lowest BCUT2D eigenvalue weighted by Crippen LogP contribution is -2.48. The number of carbonyl (C=O) groups is 1. The van der Waals surface area contributed by atoms with Gasteiger partial charge in [0.25, 0.3) is 5.91 Å². The molecule has 0 radical (unpaired) electrons. The molecule has 0 spiro atoms. The van der Waals surface area contributed by atoms with Gasteiger partial charge < -0.3 is 10.2 Å². The number of aliphatic imine (C=N–C) groups is 1. The van der Waals surface area contributed by atoms with Gasteiger partial charge in [0.2, 0.25) is 0 Å². The van der Waals surface area contributed by atoms with Crippen LogP contribution in [-0.2, 0) is 10.3 Å². The van der Waals surface area contributed by atoms with Crippen molar-refractivity contribution in [1.29, 1.82) is 0 Å². The SMILES string of the molecule is CC(C)C1=C(C(=O)NCCC2CN(C3CC3)C2)SC2=NC(C)(c3ccc(Cl)cc3)C(c3ccc(Cl)cc3)N21. The van der Waals surface area contributed by atoms with Crippen LogP contribution in [0.4, 0.5) is 0 Å². The summed E-state index contributed by atoms with van der Waals surface area (Å²) >= 11 is 14.0. The fourth-order valence-electron chi connectivity index (χ4n) is 6.07. The van der Waals surface area contributed by atoms with Gasteiger partial charge in [-0.05, 0) is 85.2 Å². The molecule has 6 rings (SSSR count). The van der Waals surface area contributed by atoms with Crippen LogP contribution in [0.3, 0.4) is 0 Å². The Balaban J connectivity index is 1.27. The van der Waals surface area contributed by atoms with Gasteiger partial charge in [-0.25, -0.2) is 4.99 Å². The van der Waals surface area contributed by atoms with Crippen LogP contribution in [-0.4, -0.2) is 46.6 Å². The maximum atomic E-state index is 13.5. The summed E-state index contributed by atoms with van der Waals surface area (Å²) in [5.41, 5.74) is 2.67. The first-order valence-electron chi connectivity index (χ1n) is 13.6. The van der Waals surface area contributed by atoms with E-state index in [-0.39, 0.29) is 17.9 Å². The Hall–Kier alpha value is -1.99. The van der Waals surface area contributed by atoms with E-state index in [9.17, 15) is 4.79 Å². The zero-order chi connectivity index (χ0) is 26.6. The molecule has 1 N–H and O–H groups in total. The van der Waals surface area contributed by atoms with Gasteiger partial charge in [-0.3, -0.25) is 9.69 Å². The van der Waals surface area contributed by atoms with E-state index in [2.05, 4.69) is 60.2 Å². The van der Waals surface area contributed by atoms with Crippen molar-refractivity contribution in [2.75, 3.05) is 19.6 Å². The highest BCUT2D eigenvalue weighted by molar-refractivity contribution is 8.18. The fourth-order valence-corrected chi connectivity index (χ4v) is 7.65. The number of allylic oxidation sites excluding steroid dienone is 1. The minimum Gasteiger partial charge on any atom is -0.352 e. The molecule has 0 aromatic heterocycles. The number of benzene rings is 2. The number of halogens is 2. The Bertz CT molecular complexity index is 1280. The maximum absolute atomic E-state index is 13.5. The molecule has 8 heteroatoms. The third-order valence-corrected chi connectivity index (χ3v) is 9.84. The molecule has 2 atom stereocenters. The first-order chi connectivity index (χ1) is 18.2. The standard InChI is InChI=1S/C30H34Cl2N4OS/c1-18(2)25-26(28(37)33-15-14-19-16-35(17-19)24-12-13-24)38-29-34-30(3,21-6-10-23(32)11-7-21)27(36(25)29)20-4-8-22(31)9-5-20/h4-11,18-19,24,27H,12-17H2,1-3H3,(H,33,37). The van der Waals surface area contributed by atoms with Crippen molar-refractivity contribution in [3.8, 4) is 0 Å². The van der Waals surface area contributed by atoms with E-state index < -0.39 is 5.54 Å². The molecular weight excluding hydrogens is 535 g/mol. The first kappa shape index (κ1) is 26.2. The van der Waals surface area contributed by atoms with E-state index in [0.29, 0.717) is 22.5 Å². The van der Waals surface area contributed by atoms with E-state index in [1.807, 2.05) is 24.3 Å². The molecule has 0 bridgehead atoms. The fraction of sp³-hybridized carbons (Fsp3) is 0.467. The number of amidine groups is 1. The van der Waals surface area contributed by atoms with Crippen LogP contribution in [0.15, 0.2) is 64.1 Å². The van der Waals surface area contributed by atoms with E-state index in [0.717, 1.165) is 39.4 Å². The van der Waals surface area contributed by atoms with Gasteiger partial charge in [-0.1, -0.05) is 61.3 Å². The van der Waals surface area contributed by atoms with Crippen LogP contribution in [0.25, 0.3) is 0 Å². The van der Waals surface area contributed by atoms with Crippen LogP contribution in [0, 0.1) is 11.8 Å². The van der Waals surface area contributed by atoms with Gasteiger partial charge in [0.05, 0.1) is 10.9 Å². The van der Waals surface area contributed by atoms with Crippen molar-refractivity contribution in [2.45, 2.75) is 57.7 Å².